The predicted molar refractivity (Wildman–Crippen MR) is 114 cm³/mol. The Labute approximate surface area is 167 Å². The minimum atomic E-state index is -0.175. The molecule has 1 aliphatic heterocycles. The van der Waals surface area contributed by atoms with Crippen molar-refractivity contribution in [1.82, 2.24) is 5.32 Å². The molecule has 0 radical (unpaired) electrons. The van der Waals surface area contributed by atoms with Crippen LogP contribution in [0, 0.1) is 27.7 Å². The topological polar surface area (TPSA) is 62.7 Å². The van der Waals surface area contributed by atoms with E-state index in [1.54, 1.807) is 0 Å². The number of amides is 1. The van der Waals surface area contributed by atoms with E-state index in [2.05, 4.69) is 28.6 Å². The first-order valence-corrected chi connectivity index (χ1v) is 9.81. The molecule has 1 amide bonds. The van der Waals surface area contributed by atoms with E-state index in [1.807, 2.05) is 51.1 Å². The lowest BCUT2D eigenvalue weighted by atomic mass is 10.1. The van der Waals surface area contributed by atoms with E-state index in [4.69, 9.17) is 4.74 Å². The molecule has 1 aliphatic rings. The molecular weight excluding hydrogens is 350 g/mol. The summed E-state index contributed by atoms with van der Waals surface area (Å²) < 4.78 is 5.66. The average molecular weight is 380 g/mol. The van der Waals surface area contributed by atoms with E-state index in [0.717, 1.165) is 41.8 Å². The van der Waals surface area contributed by atoms with Crippen molar-refractivity contribution in [2.45, 2.75) is 46.6 Å². The molecule has 1 atom stereocenters. The fourth-order valence-corrected chi connectivity index (χ4v) is 3.24. The van der Waals surface area contributed by atoms with Crippen molar-refractivity contribution in [3.63, 3.8) is 0 Å². The maximum absolute atomic E-state index is 12.8. The molecule has 2 aromatic carbocycles. The van der Waals surface area contributed by atoms with Gasteiger partial charge in [-0.2, -0.15) is 0 Å². The van der Waals surface area contributed by atoms with Crippen molar-refractivity contribution in [2.75, 3.05) is 18.5 Å². The molecule has 1 heterocycles. The normalized spacial score (nSPS) is 16.9. The number of rotatable bonds is 4. The van der Waals surface area contributed by atoms with Gasteiger partial charge in [-0.05, 0) is 75.4 Å². The third-order valence-corrected chi connectivity index (χ3v) is 5.11. The summed E-state index contributed by atoms with van der Waals surface area (Å²) in [5.74, 6) is 0.275. The lowest BCUT2D eigenvalue weighted by Gasteiger charge is -2.15. The number of nitrogens with one attached hydrogen (secondary N) is 2. The molecule has 0 aromatic heterocycles. The number of nitrogens with zero attached hydrogens (tertiary/aromatic N) is 1. The molecule has 1 fully saturated rings. The van der Waals surface area contributed by atoms with Crippen LogP contribution in [0.4, 0.5) is 5.69 Å². The van der Waals surface area contributed by atoms with Crippen LogP contribution in [0.15, 0.2) is 41.4 Å². The van der Waals surface area contributed by atoms with Crippen molar-refractivity contribution >= 4 is 17.6 Å². The smallest absolute Gasteiger partial charge is 0.257 e. The highest BCUT2D eigenvalue weighted by molar-refractivity contribution is 6.10. The number of guanidine groups is 1. The Hall–Kier alpha value is -2.66. The van der Waals surface area contributed by atoms with Gasteiger partial charge in [0.25, 0.3) is 5.91 Å². The molecule has 5 heteroatoms. The Morgan fingerprint density at radius 2 is 1.89 bits per heavy atom. The van der Waals surface area contributed by atoms with E-state index >= 15 is 0 Å². The van der Waals surface area contributed by atoms with Crippen LogP contribution in [-0.4, -0.2) is 31.1 Å². The lowest BCUT2D eigenvalue weighted by molar-refractivity contribution is 0.0975. The fraction of sp³-hybridized carbons (Fsp3) is 0.391. The molecule has 2 N–H and O–H groups in total. The summed E-state index contributed by atoms with van der Waals surface area (Å²) in [6.45, 7) is 9.46. The third-order valence-electron chi connectivity index (χ3n) is 5.11. The van der Waals surface area contributed by atoms with Gasteiger partial charge < -0.3 is 10.1 Å². The van der Waals surface area contributed by atoms with Gasteiger partial charge >= 0.3 is 0 Å². The summed E-state index contributed by atoms with van der Waals surface area (Å²) in [5.41, 5.74) is 6.10. The van der Waals surface area contributed by atoms with Gasteiger partial charge in [-0.1, -0.05) is 23.8 Å². The van der Waals surface area contributed by atoms with Gasteiger partial charge in [-0.15, -0.1) is 0 Å². The van der Waals surface area contributed by atoms with Gasteiger partial charge in [-0.3, -0.25) is 10.1 Å². The van der Waals surface area contributed by atoms with Crippen molar-refractivity contribution in [3.05, 3.63) is 64.2 Å². The summed E-state index contributed by atoms with van der Waals surface area (Å²) in [5, 5.41) is 6.23. The molecule has 0 spiro atoms. The second-order valence-electron chi connectivity index (χ2n) is 7.52. The number of benzene rings is 2. The van der Waals surface area contributed by atoms with Crippen LogP contribution in [0.1, 0.15) is 45.5 Å². The second kappa shape index (κ2) is 9.02. The number of ether oxygens (including phenoxy) is 1. The van der Waals surface area contributed by atoms with Crippen molar-refractivity contribution in [1.29, 1.82) is 0 Å². The van der Waals surface area contributed by atoms with Gasteiger partial charge in [0, 0.05) is 17.9 Å². The van der Waals surface area contributed by atoms with Crippen LogP contribution in [0.2, 0.25) is 0 Å². The van der Waals surface area contributed by atoms with Gasteiger partial charge in [-0.25, -0.2) is 4.99 Å². The van der Waals surface area contributed by atoms with Crippen molar-refractivity contribution in [2.24, 2.45) is 4.99 Å². The molecule has 0 bridgehead atoms. The highest BCUT2D eigenvalue weighted by atomic mass is 16.5. The Morgan fingerprint density at radius 1 is 1.07 bits per heavy atom. The summed E-state index contributed by atoms with van der Waals surface area (Å²) in [7, 11) is 0. The number of hydrogen-bond acceptors (Lipinski definition) is 3. The Kier molecular flexibility index (Phi) is 6.47. The first-order chi connectivity index (χ1) is 13.4. The molecule has 0 unspecified atom stereocenters. The van der Waals surface area contributed by atoms with E-state index in [-0.39, 0.29) is 12.0 Å². The number of aryl methyl sites for hydroxylation is 4. The number of anilines is 1. The van der Waals surface area contributed by atoms with Crippen LogP contribution in [0.5, 0.6) is 0 Å². The zero-order chi connectivity index (χ0) is 20.1. The minimum Gasteiger partial charge on any atom is -0.376 e. The second-order valence-corrected chi connectivity index (χ2v) is 7.52. The summed E-state index contributed by atoms with van der Waals surface area (Å²) >= 11 is 0. The summed E-state index contributed by atoms with van der Waals surface area (Å²) in [4.78, 5) is 17.4. The maximum atomic E-state index is 12.8. The van der Waals surface area contributed by atoms with E-state index in [1.165, 1.54) is 5.56 Å². The number of aliphatic imine (C=N–C) groups is 1. The van der Waals surface area contributed by atoms with E-state index in [9.17, 15) is 4.79 Å². The summed E-state index contributed by atoms with van der Waals surface area (Å²) in [6.07, 6.45) is 2.19. The largest absolute Gasteiger partial charge is 0.376 e. The highest BCUT2D eigenvalue weighted by Gasteiger charge is 2.16. The molecule has 2 aromatic rings. The monoisotopic (exact) mass is 379 g/mol. The maximum Gasteiger partial charge on any atom is 0.257 e. The molecule has 28 heavy (non-hydrogen) atoms. The molecule has 1 saturated heterocycles. The van der Waals surface area contributed by atoms with Gasteiger partial charge in [0.1, 0.15) is 0 Å². The van der Waals surface area contributed by atoms with Gasteiger partial charge in [0.15, 0.2) is 0 Å². The SMILES string of the molecule is Cc1ccc(NC(=NC[C@@H]2CCCO2)NC(=O)c2ccc(C)c(C)c2)c(C)c1. The van der Waals surface area contributed by atoms with Crippen LogP contribution in [0.25, 0.3) is 0 Å². The molecule has 0 aliphatic carbocycles. The minimum absolute atomic E-state index is 0.120. The van der Waals surface area contributed by atoms with Crippen LogP contribution in [-0.2, 0) is 4.74 Å². The molecular formula is C23H29N3O2. The first kappa shape index (κ1) is 20.1. The average Bonchev–Trinajstić information content (AvgIpc) is 3.17. The number of carbonyl (C=O) groups excluding carboxylic acids is 1. The van der Waals surface area contributed by atoms with Crippen molar-refractivity contribution in [3.8, 4) is 0 Å². The summed E-state index contributed by atoms with van der Waals surface area (Å²) in [6, 6.07) is 11.9. The fourth-order valence-electron chi connectivity index (χ4n) is 3.24. The lowest BCUT2D eigenvalue weighted by Crippen LogP contribution is -2.37. The molecule has 5 nitrogen and oxygen atoms in total. The molecule has 3 rings (SSSR count). The Balaban J connectivity index is 1.79. The first-order valence-electron chi connectivity index (χ1n) is 9.81. The van der Waals surface area contributed by atoms with Crippen LogP contribution >= 0.6 is 0 Å². The zero-order valence-electron chi connectivity index (χ0n) is 17.1. The quantitative estimate of drug-likeness (QED) is 0.615. The van der Waals surface area contributed by atoms with Crippen LogP contribution < -0.4 is 10.6 Å². The predicted octanol–water partition coefficient (Wildman–Crippen LogP) is 4.30. The highest BCUT2D eigenvalue weighted by Crippen LogP contribution is 2.17. The Morgan fingerprint density at radius 3 is 2.57 bits per heavy atom. The Bertz CT molecular complexity index is 883. The molecule has 148 valence electrons. The van der Waals surface area contributed by atoms with Crippen molar-refractivity contribution < 1.29 is 9.53 Å². The third kappa shape index (κ3) is 5.20. The standard InChI is InChI=1S/C23H29N3O2/c1-15-7-10-21(18(4)12-15)25-23(24-14-20-6-5-11-28-20)26-22(27)19-9-8-16(2)17(3)13-19/h7-10,12-13,20H,5-6,11,14H2,1-4H3,(H2,24,25,26,27)/t20-/m0/s1. The van der Waals surface area contributed by atoms with Crippen LogP contribution in [0.3, 0.4) is 0 Å². The van der Waals surface area contributed by atoms with E-state index < -0.39 is 0 Å². The number of carbonyl (C=O) groups is 1. The molecule has 0 saturated carbocycles. The number of hydrogen-bond donors (Lipinski definition) is 2. The van der Waals surface area contributed by atoms with Gasteiger partial charge in [0.05, 0.1) is 12.6 Å². The van der Waals surface area contributed by atoms with Gasteiger partial charge in [0.2, 0.25) is 5.96 Å². The zero-order valence-corrected chi connectivity index (χ0v) is 17.1. The van der Waals surface area contributed by atoms with E-state index in [0.29, 0.717) is 18.1 Å².